The van der Waals surface area contributed by atoms with Crippen molar-refractivity contribution in [1.82, 2.24) is 4.90 Å². The molecule has 1 fully saturated rings. The third-order valence-corrected chi connectivity index (χ3v) is 2.45. The van der Waals surface area contributed by atoms with Gasteiger partial charge in [0.1, 0.15) is 0 Å². The van der Waals surface area contributed by atoms with Crippen molar-refractivity contribution in [3.63, 3.8) is 0 Å². The van der Waals surface area contributed by atoms with E-state index in [9.17, 15) is 4.79 Å². The van der Waals surface area contributed by atoms with Crippen molar-refractivity contribution in [2.24, 2.45) is 5.73 Å². The second kappa shape index (κ2) is 4.58. The molecule has 4 nitrogen and oxygen atoms in total. The van der Waals surface area contributed by atoms with Crippen LogP contribution in [-0.2, 0) is 9.53 Å². The maximum atomic E-state index is 11.5. The lowest BCUT2D eigenvalue weighted by atomic mass is 10.1. The second-order valence-corrected chi connectivity index (χ2v) is 3.58. The molecule has 1 saturated heterocycles. The maximum absolute atomic E-state index is 11.5. The van der Waals surface area contributed by atoms with Gasteiger partial charge in [-0.3, -0.25) is 4.79 Å². The molecule has 2 N–H and O–H groups in total. The summed E-state index contributed by atoms with van der Waals surface area (Å²) in [4.78, 5) is 13.3. The molecule has 2 unspecified atom stereocenters. The van der Waals surface area contributed by atoms with Gasteiger partial charge < -0.3 is 15.4 Å². The van der Waals surface area contributed by atoms with E-state index in [0.29, 0.717) is 6.54 Å². The molecule has 1 amide bonds. The fourth-order valence-corrected chi connectivity index (χ4v) is 1.54. The van der Waals surface area contributed by atoms with Crippen molar-refractivity contribution in [3.8, 4) is 0 Å². The number of ether oxygens (including phenoxy) is 1. The number of carbonyl (C=O) groups is 1. The zero-order valence-corrected chi connectivity index (χ0v) is 8.32. The van der Waals surface area contributed by atoms with Crippen molar-refractivity contribution in [2.45, 2.75) is 31.9 Å². The predicted molar refractivity (Wildman–Crippen MR) is 50.3 cm³/mol. The van der Waals surface area contributed by atoms with Gasteiger partial charge in [0.25, 0.3) is 0 Å². The first-order valence-electron chi connectivity index (χ1n) is 4.72. The SMILES string of the molecule is COC(C)CN1CCCC(N)C1=O. The van der Waals surface area contributed by atoms with Crippen LogP contribution in [0.5, 0.6) is 0 Å². The number of amides is 1. The molecule has 0 aromatic heterocycles. The normalized spacial score (nSPS) is 26.2. The lowest BCUT2D eigenvalue weighted by Crippen LogP contribution is -2.50. The smallest absolute Gasteiger partial charge is 0.239 e. The summed E-state index contributed by atoms with van der Waals surface area (Å²) in [5, 5.41) is 0. The predicted octanol–water partition coefficient (Wildman–Crippen LogP) is -0.0290. The molecule has 1 aliphatic heterocycles. The van der Waals surface area contributed by atoms with Crippen molar-refractivity contribution in [1.29, 1.82) is 0 Å². The van der Waals surface area contributed by atoms with Crippen LogP contribution >= 0.6 is 0 Å². The molecular weight excluding hydrogens is 168 g/mol. The van der Waals surface area contributed by atoms with Gasteiger partial charge in [-0.2, -0.15) is 0 Å². The van der Waals surface area contributed by atoms with Crippen LogP contribution in [0.4, 0.5) is 0 Å². The van der Waals surface area contributed by atoms with Crippen LogP contribution < -0.4 is 5.73 Å². The van der Waals surface area contributed by atoms with Gasteiger partial charge in [-0.1, -0.05) is 0 Å². The molecule has 0 aromatic carbocycles. The van der Waals surface area contributed by atoms with Crippen molar-refractivity contribution in [2.75, 3.05) is 20.2 Å². The fourth-order valence-electron chi connectivity index (χ4n) is 1.54. The van der Waals surface area contributed by atoms with E-state index in [0.717, 1.165) is 19.4 Å². The molecule has 4 heteroatoms. The van der Waals surface area contributed by atoms with Crippen molar-refractivity contribution >= 4 is 5.91 Å². The van der Waals surface area contributed by atoms with Crippen LogP contribution in [-0.4, -0.2) is 43.2 Å². The lowest BCUT2D eigenvalue weighted by molar-refractivity contribution is -0.136. The van der Waals surface area contributed by atoms with Crippen LogP contribution in [0.1, 0.15) is 19.8 Å². The average Bonchev–Trinajstić information content (AvgIpc) is 2.13. The Balaban J connectivity index is 2.44. The molecular formula is C9H18N2O2. The number of hydrogen-bond acceptors (Lipinski definition) is 3. The van der Waals surface area contributed by atoms with Crippen molar-refractivity contribution in [3.05, 3.63) is 0 Å². The van der Waals surface area contributed by atoms with E-state index in [-0.39, 0.29) is 18.1 Å². The minimum Gasteiger partial charge on any atom is -0.380 e. The number of nitrogens with two attached hydrogens (primary N) is 1. The number of piperidine rings is 1. The summed E-state index contributed by atoms with van der Waals surface area (Å²) in [6.07, 6.45) is 1.91. The topological polar surface area (TPSA) is 55.6 Å². The Morgan fingerprint density at radius 3 is 3.08 bits per heavy atom. The molecule has 1 aliphatic rings. The average molecular weight is 186 g/mol. The molecule has 0 radical (unpaired) electrons. The van der Waals surface area contributed by atoms with Crippen LogP contribution in [0.25, 0.3) is 0 Å². The Morgan fingerprint density at radius 2 is 2.46 bits per heavy atom. The maximum Gasteiger partial charge on any atom is 0.239 e. The summed E-state index contributed by atoms with van der Waals surface area (Å²) in [5.41, 5.74) is 5.65. The Kier molecular flexibility index (Phi) is 3.69. The van der Waals surface area contributed by atoms with Gasteiger partial charge in [0.15, 0.2) is 0 Å². The van der Waals surface area contributed by atoms with Gasteiger partial charge in [0.05, 0.1) is 12.1 Å². The van der Waals surface area contributed by atoms with Gasteiger partial charge in [0.2, 0.25) is 5.91 Å². The van der Waals surface area contributed by atoms with E-state index in [1.165, 1.54) is 0 Å². The second-order valence-electron chi connectivity index (χ2n) is 3.58. The zero-order chi connectivity index (χ0) is 9.84. The highest BCUT2D eigenvalue weighted by molar-refractivity contribution is 5.82. The van der Waals surface area contributed by atoms with Crippen LogP contribution in [0.3, 0.4) is 0 Å². The minimum absolute atomic E-state index is 0.0650. The summed E-state index contributed by atoms with van der Waals surface area (Å²) < 4.78 is 5.10. The lowest BCUT2D eigenvalue weighted by Gasteiger charge is -2.31. The number of nitrogens with zero attached hydrogens (tertiary/aromatic N) is 1. The van der Waals surface area contributed by atoms with Gasteiger partial charge in [0, 0.05) is 20.2 Å². The van der Waals surface area contributed by atoms with Gasteiger partial charge in [-0.25, -0.2) is 0 Å². The molecule has 0 spiro atoms. The summed E-state index contributed by atoms with van der Waals surface area (Å²) in [6, 6.07) is -0.294. The van der Waals surface area contributed by atoms with Gasteiger partial charge in [-0.05, 0) is 19.8 Å². The Bertz CT molecular complexity index is 184. The Hall–Kier alpha value is -0.610. The number of likely N-dealkylation sites (tertiary alicyclic amines) is 1. The molecule has 0 aliphatic carbocycles. The highest BCUT2D eigenvalue weighted by Crippen LogP contribution is 2.10. The third-order valence-electron chi connectivity index (χ3n) is 2.45. The Labute approximate surface area is 79.0 Å². The van der Waals surface area contributed by atoms with E-state index in [2.05, 4.69) is 0 Å². The first kappa shape index (κ1) is 10.5. The van der Waals surface area contributed by atoms with Gasteiger partial charge >= 0.3 is 0 Å². The van der Waals surface area contributed by atoms with Crippen LogP contribution in [0.2, 0.25) is 0 Å². The van der Waals surface area contributed by atoms with Gasteiger partial charge in [-0.15, -0.1) is 0 Å². The quantitative estimate of drug-likeness (QED) is 0.673. The molecule has 0 saturated carbocycles. The van der Waals surface area contributed by atoms with E-state index < -0.39 is 0 Å². The molecule has 2 atom stereocenters. The monoisotopic (exact) mass is 186 g/mol. The first-order chi connectivity index (χ1) is 6.15. The summed E-state index contributed by atoms with van der Waals surface area (Å²) in [5.74, 6) is 0.0650. The largest absolute Gasteiger partial charge is 0.380 e. The molecule has 0 bridgehead atoms. The van der Waals surface area contributed by atoms with Crippen LogP contribution in [0, 0.1) is 0 Å². The third kappa shape index (κ3) is 2.67. The summed E-state index contributed by atoms with van der Waals surface area (Å²) in [7, 11) is 1.65. The molecule has 1 rings (SSSR count). The van der Waals surface area contributed by atoms with E-state index in [4.69, 9.17) is 10.5 Å². The number of rotatable bonds is 3. The number of carbonyl (C=O) groups excluding carboxylic acids is 1. The molecule has 0 aromatic rings. The fraction of sp³-hybridized carbons (Fsp3) is 0.889. The molecule has 76 valence electrons. The zero-order valence-electron chi connectivity index (χ0n) is 8.32. The highest BCUT2D eigenvalue weighted by Gasteiger charge is 2.26. The standard InChI is InChI=1S/C9H18N2O2/c1-7(13-2)6-11-5-3-4-8(10)9(11)12/h7-8H,3-6,10H2,1-2H3. The van der Waals surface area contributed by atoms with E-state index >= 15 is 0 Å². The van der Waals surface area contributed by atoms with E-state index in [1.807, 2.05) is 6.92 Å². The number of methoxy groups -OCH3 is 1. The molecule has 1 heterocycles. The molecule has 13 heavy (non-hydrogen) atoms. The number of hydrogen-bond donors (Lipinski definition) is 1. The highest BCUT2D eigenvalue weighted by atomic mass is 16.5. The summed E-state index contributed by atoms with van der Waals surface area (Å²) >= 11 is 0. The minimum atomic E-state index is -0.294. The van der Waals surface area contributed by atoms with Crippen molar-refractivity contribution < 1.29 is 9.53 Å². The van der Waals surface area contributed by atoms with E-state index in [1.54, 1.807) is 12.0 Å². The first-order valence-corrected chi connectivity index (χ1v) is 4.72. The van der Waals surface area contributed by atoms with Crippen LogP contribution in [0.15, 0.2) is 0 Å². The summed E-state index contributed by atoms with van der Waals surface area (Å²) in [6.45, 7) is 3.43. The Morgan fingerprint density at radius 1 is 1.77 bits per heavy atom.